The van der Waals surface area contributed by atoms with Crippen LogP contribution in [0.4, 0.5) is 0 Å². The fourth-order valence-electron chi connectivity index (χ4n) is 4.55. The highest BCUT2D eigenvalue weighted by Crippen LogP contribution is 2.42. The number of aliphatic hydroxyl groups is 1. The standard InChI is InChI=1S/C31H32N2O6/c1-6-39-30(37)20-12-10-19(11-13-20)18-33-26(23-9-7-8-16-32-23)25(28(35)29(33)36)27(34)22-17-21(31(2,3)4)14-15-24(22)38-5/h7-17,26,34H,6,18H2,1-5H3/b27-25+. The third-order valence-corrected chi connectivity index (χ3v) is 6.65. The number of rotatable bonds is 7. The maximum absolute atomic E-state index is 13.5. The van der Waals surface area contributed by atoms with Gasteiger partial charge in [-0.3, -0.25) is 14.6 Å². The number of methoxy groups -OCH3 is 1. The van der Waals surface area contributed by atoms with Crippen LogP contribution in [0.2, 0.25) is 0 Å². The molecule has 1 fully saturated rings. The van der Waals surface area contributed by atoms with Crippen LogP contribution >= 0.6 is 0 Å². The summed E-state index contributed by atoms with van der Waals surface area (Å²) in [7, 11) is 1.48. The van der Waals surface area contributed by atoms with Gasteiger partial charge in [-0.2, -0.15) is 0 Å². The fourth-order valence-corrected chi connectivity index (χ4v) is 4.55. The lowest BCUT2D eigenvalue weighted by Crippen LogP contribution is -2.29. The molecule has 0 saturated carbocycles. The number of aromatic nitrogens is 1. The number of hydrogen-bond donors (Lipinski definition) is 1. The first-order valence-corrected chi connectivity index (χ1v) is 12.7. The summed E-state index contributed by atoms with van der Waals surface area (Å²) in [4.78, 5) is 44.7. The van der Waals surface area contributed by atoms with Gasteiger partial charge in [0.2, 0.25) is 0 Å². The van der Waals surface area contributed by atoms with Crippen LogP contribution in [0.1, 0.15) is 66.5 Å². The van der Waals surface area contributed by atoms with Gasteiger partial charge in [0.15, 0.2) is 0 Å². The molecular weight excluding hydrogens is 496 g/mol. The fraction of sp³-hybridized carbons (Fsp3) is 0.290. The molecule has 1 unspecified atom stereocenters. The molecule has 202 valence electrons. The van der Waals surface area contributed by atoms with Gasteiger partial charge >= 0.3 is 5.97 Å². The molecule has 2 heterocycles. The van der Waals surface area contributed by atoms with E-state index in [1.54, 1.807) is 67.7 Å². The molecule has 0 radical (unpaired) electrons. The van der Waals surface area contributed by atoms with Crippen molar-refractivity contribution in [3.63, 3.8) is 0 Å². The van der Waals surface area contributed by atoms with Gasteiger partial charge in [0.1, 0.15) is 17.6 Å². The van der Waals surface area contributed by atoms with Crippen molar-refractivity contribution in [3.8, 4) is 5.75 Å². The zero-order valence-electron chi connectivity index (χ0n) is 22.7. The van der Waals surface area contributed by atoms with Gasteiger partial charge in [-0.05, 0) is 59.9 Å². The first-order chi connectivity index (χ1) is 18.6. The molecule has 4 rings (SSSR count). The third kappa shape index (κ3) is 5.55. The summed E-state index contributed by atoms with van der Waals surface area (Å²) in [5.41, 5.74) is 2.47. The Bertz CT molecular complexity index is 1420. The van der Waals surface area contributed by atoms with Crippen molar-refractivity contribution < 1.29 is 29.0 Å². The molecule has 0 aliphatic carbocycles. The zero-order valence-corrected chi connectivity index (χ0v) is 22.7. The molecule has 3 aromatic rings. The number of amides is 1. The van der Waals surface area contributed by atoms with Crippen molar-refractivity contribution in [2.24, 2.45) is 0 Å². The van der Waals surface area contributed by atoms with Crippen molar-refractivity contribution in [2.75, 3.05) is 13.7 Å². The van der Waals surface area contributed by atoms with Crippen molar-refractivity contribution in [3.05, 3.63) is 100 Å². The van der Waals surface area contributed by atoms with Gasteiger partial charge in [0, 0.05) is 12.7 Å². The molecule has 1 saturated heterocycles. The van der Waals surface area contributed by atoms with Crippen LogP contribution in [0.25, 0.3) is 5.76 Å². The van der Waals surface area contributed by atoms with E-state index in [2.05, 4.69) is 4.98 Å². The average Bonchev–Trinajstić information content (AvgIpc) is 3.17. The molecular formula is C31H32N2O6. The molecule has 39 heavy (non-hydrogen) atoms. The van der Waals surface area contributed by atoms with Crippen LogP contribution in [-0.4, -0.2) is 46.4 Å². The summed E-state index contributed by atoms with van der Waals surface area (Å²) in [6.07, 6.45) is 1.57. The minimum Gasteiger partial charge on any atom is -0.507 e. The summed E-state index contributed by atoms with van der Waals surface area (Å²) < 4.78 is 10.5. The number of ketones is 1. The number of carbonyl (C=O) groups is 3. The van der Waals surface area contributed by atoms with Crippen LogP contribution in [-0.2, 0) is 26.3 Å². The number of hydrogen-bond acceptors (Lipinski definition) is 7. The van der Waals surface area contributed by atoms with Gasteiger partial charge in [-0.15, -0.1) is 0 Å². The Morgan fingerprint density at radius 1 is 1.05 bits per heavy atom. The quantitative estimate of drug-likeness (QED) is 0.195. The van der Waals surface area contributed by atoms with E-state index in [1.807, 2.05) is 26.8 Å². The van der Waals surface area contributed by atoms with E-state index in [0.717, 1.165) is 5.56 Å². The largest absolute Gasteiger partial charge is 0.507 e. The molecule has 1 aliphatic heterocycles. The van der Waals surface area contributed by atoms with Crippen LogP contribution < -0.4 is 4.74 Å². The Morgan fingerprint density at radius 3 is 2.36 bits per heavy atom. The predicted octanol–water partition coefficient (Wildman–Crippen LogP) is 5.19. The minimum absolute atomic E-state index is 0.0604. The number of Topliss-reactive ketones (excluding diaryl/α,β-unsaturated/α-hetero) is 1. The number of aliphatic hydroxyl groups excluding tert-OH is 1. The molecule has 1 aliphatic rings. The lowest BCUT2D eigenvalue weighted by Gasteiger charge is -2.25. The lowest BCUT2D eigenvalue weighted by atomic mass is 9.85. The maximum Gasteiger partial charge on any atom is 0.338 e. The van der Waals surface area contributed by atoms with Crippen molar-refractivity contribution in [2.45, 2.75) is 45.7 Å². The van der Waals surface area contributed by atoms with Gasteiger partial charge in [-0.25, -0.2) is 4.79 Å². The van der Waals surface area contributed by atoms with E-state index in [-0.39, 0.29) is 29.9 Å². The zero-order chi connectivity index (χ0) is 28.3. The van der Waals surface area contributed by atoms with Crippen molar-refractivity contribution in [1.29, 1.82) is 0 Å². The first-order valence-electron chi connectivity index (χ1n) is 12.7. The summed E-state index contributed by atoms with van der Waals surface area (Å²) in [6, 6.07) is 16.3. The molecule has 1 atom stereocenters. The van der Waals surface area contributed by atoms with E-state index in [9.17, 15) is 19.5 Å². The SMILES string of the molecule is CCOC(=O)c1ccc(CN2C(=O)C(=O)/C(=C(/O)c3cc(C(C)(C)C)ccc3OC)C2c2ccccn2)cc1. The van der Waals surface area contributed by atoms with E-state index in [0.29, 0.717) is 28.1 Å². The Hall–Kier alpha value is -4.46. The van der Waals surface area contributed by atoms with Crippen LogP contribution in [0.15, 0.2) is 72.4 Å². The van der Waals surface area contributed by atoms with Crippen molar-refractivity contribution >= 4 is 23.4 Å². The number of ether oxygens (including phenoxy) is 2. The summed E-state index contributed by atoms with van der Waals surface area (Å²) in [5, 5.41) is 11.6. The monoisotopic (exact) mass is 528 g/mol. The minimum atomic E-state index is -0.932. The van der Waals surface area contributed by atoms with Crippen LogP contribution in [0.5, 0.6) is 5.75 Å². The lowest BCUT2D eigenvalue weighted by molar-refractivity contribution is -0.140. The molecule has 1 aromatic heterocycles. The number of pyridine rings is 1. The highest BCUT2D eigenvalue weighted by atomic mass is 16.5. The smallest absolute Gasteiger partial charge is 0.338 e. The second-order valence-electron chi connectivity index (χ2n) is 10.3. The second-order valence-corrected chi connectivity index (χ2v) is 10.3. The first kappa shape index (κ1) is 27.6. The molecule has 1 N–H and O–H groups in total. The Labute approximate surface area is 227 Å². The Balaban J connectivity index is 1.82. The van der Waals surface area contributed by atoms with Gasteiger partial charge < -0.3 is 19.5 Å². The topological polar surface area (TPSA) is 106 Å². The highest BCUT2D eigenvalue weighted by molar-refractivity contribution is 6.46. The van der Waals surface area contributed by atoms with E-state index in [4.69, 9.17) is 9.47 Å². The van der Waals surface area contributed by atoms with E-state index in [1.165, 1.54) is 12.0 Å². The number of nitrogens with zero attached hydrogens (tertiary/aromatic N) is 2. The van der Waals surface area contributed by atoms with Crippen molar-refractivity contribution in [1.82, 2.24) is 9.88 Å². The maximum atomic E-state index is 13.5. The predicted molar refractivity (Wildman–Crippen MR) is 146 cm³/mol. The summed E-state index contributed by atoms with van der Waals surface area (Å²) >= 11 is 0. The normalized spacial score (nSPS) is 16.8. The Kier molecular flexibility index (Phi) is 7.85. The summed E-state index contributed by atoms with van der Waals surface area (Å²) in [5.74, 6) is -1.96. The van der Waals surface area contributed by atoms with Gasteiger partial charge in [-0.1, -0.05) is 45.0 Å². The van der Waals surface area contributed by atoms with E-state index < -0.39 is 23.7 Å². The second kappa shape index (κ2) is 11.1. The third-order valence-electron chi connectivity index (χ3n) is 6.65. The molecule has 8 nitrogen and oxygen atoms in total. The van der Waals surface area contributed by atoms with E-state index >= 15 is 0 Å². The molecule has 0 bridgehead atoms. The van der Waals surface area contributed by atoms with Crippen LogP contribution in [0.3, 0.4) is 0 Å². The van der Waals surface area contributed by atoms with Gasteiger partial charge in [0.05, 0.1) is 36.1 Å². The van der Waals surface area contributed by atoms with Gasteiger partial charge in [0.25, 0.3) is 11.7 Å². The number of esters is 1. The molecule has 0 spiro atoms. The average molecular weight is 529 g/mol. The molecule has 2 aromatic carbocycles. The molecule has 8 heteroatoms. The van der Waals surface area contributed by atoms with Crippen LogP contribution in [0, 0.1) is 0 Å². The Morgan fingerprint density at radius 2 is 1.77 bits per heavy atom. The number of benzene rings is 2. The molecule has 1 amide bonds. The summed E-state index contributed by atoms with van der Waals surface area (Å²) in [6.45, 7) is 8.18. The number of carbonyl (C=O) groups excluding carboxylic acids is 3. The number of likely N-dealkylation sites (tertiary alicyclic amines) is 1. The highest BCUT2D eigenvalue weighted by Gasteiger charge is 2.47.